The van der Waals surface area contributed by atoms with Crippen LogP contribution in [0.4, 0.5) is 4.39 Å². The molecule has 0 radical (unpaired) electrons. The van der Waals surface area contributed by atoms with Gasteiger partial charge in [-0.05, 0) is 38.5 Å². The number of carbonyl (C=O) groups is 1. The lowest BCUT2D eigenvalue weighted by molar-refractivity contribution is -0.120. The first-order valence-electron chi connectivity index (χ1n) is 8.35. The zero-order chi connectivity index (χ0) is 19.1. The predicted molar refractivity (Wildman–Crippen MR) is 96.1 cm³/mol. The van der Waals surface area contributed by atoms with E-state index < -0.39 is 5.95 Å². The molecule has 0 atom stereocenters. The van der Waals surface area contributed by atoms with Crippen LogP contribution in [-0.2, 0) is 18.3 Å². The van der Waals surface area contributed by atoms with Crippen molar-refractivity contribution in [1.82, 2.24) is 15.2 Å². The number of hydrazone groups is 1. The van der Waals surface area contributed by atoms with Crippen LogP contribution in [0.15, 0.2) is 23.3 Å². The van der Waals surface area contributed by atoms with Gasteiger partial charge in [-0.3, -0.25) is 4.79 Å². The lowest BCUT2D eigenvalue weighted by Gasteiger charge is -2.12. The molecule has 0 aliphatic carbocycles. The highest BCUT2D eigenvalue weighted by atomic mass is 19.1. The molecule has 140 valence electrons. The third-order valence-electron chi connectivity index (χ3n) is 3.55. The molecule has 0 bridgehead atoms. The molecule has 1 N–H and O–H groups in total. The van der Waals surface area contributed by atoms with Crippen molar-refractivity contribution < 1.29 is 18.7 Å². The number of hydrogen-bond acceptors (Lipinski definition) is 5. The number of hydrogen-bond donors (Lipinski definition) is 1. The van der Waals surface area contributed by atoms with Crippen LogP contribution in [0.25, 0.3) is 0 Å². The van der Waals surface area contributed by atoms with Crippen LogP contribution < -0.4 is 14.9 Å². The molecule has 0 aliphatic heterocycles. The van der Waals surface area contributed by atoms with E-state index in [1.54, 1.807) is 25.1 Å². The summed E-state index contributed by atoms with van der Waals surface area (Å²) in [5.74, 6) is 0.401. The van der Waals surface area contributed by atoms with Gasteiger partial charge in [-0.15, -0.1) is 0 Å². The van der Waals surface area contributed by atoms with E-state index in [1.165, 1.54) is 13.3 Å². The summed E-state index contributed by atoms with van der Waals surface area (Å²) in [5.41, 5.74) is 3.89. The molecular weight excluding hydrogens is 339 g/mol. The van der Waals surface area contributed by atoms with Crippen LogP contribution in [0.3, 0.4) is 0 Å². The fourth-order valence-corrected chi connectivity index (χ4v) is 2.39. The molecule has 2 aromatic rings. The third-order valence-corrected chi connectivity index (χ3v) is 3.55. The lowest BCUT2D eigenvalue weighted by atomic mass is 10.1. The number of aromatic nitrogens is 2. The standard InChI is InChI=1S/C18H23FN4O3/c1-5-25-15-8-7-13(9-16(15)26-6-2)10-17(24)21-20-11-14-12(3)22-23(4)18(14)19/h7-9,11H,5-6,10H2,1-4H3,(H,21,24)/b20-11+. The van der Waals surface area contributed by atoms with Crippen LogP contribution >= 0.6 is 0 Å². The summed E-state index contributed by atoms with van der Waals surface area (Å²) in [7, 11) is 1.50. The van der Waals surface area contributed by atoms with Crippen molar-refractivity contribution in [3.8, 4) is 11.5 Å². The fraction of sp³-hybridized carbons (Fsp3) is 0.389. The molecule has 7 nitrogen and oxygen atoms in total. The van der Waals surface area contributed by atoms with Gasteiger partial charge in [0.25, 0.3) is 0 Å². The van der Waals surface area contributed by atoms with Gasteiger partial charge in [0.2, 0.25) is 11.9 Å². The van der Waals surface area contributed by atoms with Gasteiger partial charge in [0.15, 0.2) is 11.5 Å². The SMILES string of the molecule is CCOc1ccc(CC(=O)N/N=C/c2c(C)nn(C)c2F)cc1OCC. The minimum Gasteiger partial charge on any atom is -0.490 e. The molecule has 8 heteroatoms. The Morgan fingerprint density at radius 2 is 2.00 bits per heavy atom. The molecule has 0 unspecified atom stereocenters. The van der Waals surface area contributed by atoms with Gasteiger partial charge in [0.1, 0.15) is 0 Å². The average Bonchev–Trinajstić information content (AvgIpc) is 2.83. The zero-order valence-corrected chi connectivity index (χ0v) is 15.4. The van der Waals surface area contributed by atoms with Crippen LogP contribution in [0, 0.1) is 12.9 Å². The van der Waals surface area contributed by atoms with Crippen LogP contribution in [0.1, 0.15) is 30.7 Å². The van der Waals surface area contributed by atoms with E-state index in [4.69, 9.17) is 9.47 Å². The van der Waals surface area contributed by atoms with Gasteiger partial charge in [-0.2, -0.15) is 14.6 Å². The van der Waals surface area contributed by atoms with Crippen LogP contribution in [0.2, 0.25) is 0 Å². The molecule has 2 rings (SSSR count). The van der Waals surface area contributed by atoms with Gasteiger partial charge in [0.05, 0.1) is 37.1 Å². The molecule has 26 heavy (non-hydrogen) atoms. The van der Waals surface area contributed by atoms with E-state index in [0.29, 0.717) is 30.4 Å². The first-order valence-corrected chi connectivity index (χ1v) is 8.35. The van der Waals surface area contributed by atoms with Gasteiger partial charge < -0.3 is 9.47 Å². The second kappa shape index (κ2) is 8.98. The first-order chi connectivity index (χ1) is 12.5. The number of carbonyl (C=O) groups excluding carboxylic acids is 1. The Morgan fingerprint density at radius 3 is 2.62 bits per heavy atom. The van der Waals surface area contributed by atoms with Crippen molar-refractivity contribution >= 4 is 12.1 Å². The first kappa shape index (κ1) is 19.4. The number of halogens is 1. The Labute approximate surface area is 151 Å². The Bertz CT molecular complexity index is 802. The molecule has 0 saturated carbocycles. The highest BCUT2D eigenvalue weighted by Crippen LogP contribution is 2.28. The Hall–Kier alpha value is -2.90. The van der Waals surface area contributed by atoms with E-state index >= 15 is 0 Å². The van der Waals surface area contributed by atoms with Gasteiger partial charge in [-0.25, -0.2) is 10.1 Å². The molecule has 0 fully saturated rings. The summed E-state index contributed by atoms with van der Waals surface area (Å²) in [6.45, 7) is 6.46. The quantitative estimate of drug-likeness (QED) is 0.578. The second-order valence-corrected chi connectivity index (χ2v) is 5.53. The highest BCUT2D eigenvalue weighted by Gasteiger charge is 2.11. The smallest absolute Gasteiger partial charge is 0.244 e. The van der Waals surface area contributed by atoms with Crippen LogP contribution in [-0.4, -0.2) is 35.1 Å². The van der Waals surface area contributed by atoms with E-state index in [2.05, 4.69) is 15.6 Å². The molecule has 0 spiro atoms. The maximum Gasteiger partial charge on any atom is 0.244 e. The molecular formula is C18H23FN4O3. The van der Waals surface area contributed by atoms with E-state index in [1.807, 2.05) is 13.8 Å². The Balaban J connectivity index is 2.01. The van der Waals surface area contributed by atoms with Crippen molar-refractivity contribution in [2.75, 3.05) is 13.2 Å². The van der Waals surface area contributed by atoms with Gasteiger partial charge in [0, 0.05) is 7.05 Å². The number of benzene rings is 1. The van der Waals surface area contributed by atoms with Crippen molar-refractivity contribution in [2.24, 2.45) is 12.1 Å². The number of ether oxygens (including phenoxy) is 2. The minimum atomic E-state index is -0.506. The summed E-state index contributed by atoms with van der Waals surface area (Å²) < 4.78 is 25.9. The summed E-state index contributed by atoms with van der Waals surface area (Å²) in [6.07, 6.45) is 1.36. The number of nitrogens with one attached hydrogen (secondary N) is 1. The molecule has 1 aromatic heterocycles. The summed E-state index contributed by atoms with van der Waals surface area (Å²) in [4.78, 5) is 12.0. The topological polar surface area (TPSA) is 77.7 Å². The molecule has 0 aliphatic rings. The predicted octanol–water partition coefficient (Wildman–Crippen LogP) is 2.36. The number of amides is 1. The van der Waals surface area contributed by atoms with E-state index in [0.717, 1.165) is 10.2 Å². The molecule has 1 heterocycles. The lowest BCUT2D eigenvalue weighted by Crippen LogP contribution is -2.20. The number of aryl methyl sites for hydroxylation is 2. The molecule has 1 amide bonds. The summed E-state index contributed by atoms with van der Waals surface area (Å²) >= 11 is 0. The molecule has 1 aromatic carbocycles. The van der Waals surface area contributed by atoms with E-state index in [-0.39, 0.29) is 17.9 Å². The number of nitrogens with zero attached hydrogens (tertiary/aromatic N) is 3. The minimum absolute atomic E-state index is 0.109. The zero-order valence-electron chi connectivity index (χ0n) is 15.4. The number of rotatable bonds is 8. The average molecular weight is 362 g/mol. The maximum absolute atomic E-state index is 13.8. The molecule has 0 saturated heterocycles. The van der Waals surface area contributed by atoms with E-state index in [9.17, 15) is 9.18 Å². The fourth-order valence-electron chi connectivity index (χ4n) is 2.39. The Kier molecular flexibility index (Phi) is 6.71. The van der Waals surface area contributed by atoms with Crippen molar-refractivity contribution in [3.63, 3.8) is 0 Å². The van der Waals surface area contributed by atoms with Gasteiger partial charge >= 0.3 is 0 Å². The largest absolute Gasteiger partial charge is 0.490 e. The Morgan fingerprint density at radius 1 is 1.31 bits per heavy atom. The normalized spacial score (nSPS) is 11.0. The van der Waals surface area contributed by atoms with Crippen LogP contribution in [0.5, 0.6) is 11.5 Å². The third kappa shape index (κ3) is 4.81. The van der Waals surface area contributed by atoms with Crippen molar-refractivity contribution in [2.45, 2.75) is 27.2 Å². The summed E-state index contributed by atoms with van der Waals surface area (Å²) in [5, 5.41) is 7.74. The second-order valence-electron chi connectivity index (χ2n) is 5.53. The van der Waals surface area contributed by atoms with Crippen molar-refractivity contribution in [3.05, 3.63) is 41.0 Å². The maximum atomic E-state index is 13.8. The van der Waals surface area contributed by atoms with Gasteiger partial charge in [-0.1, -0.05) is 6.07 Å². The van der Waals surface area contributed by atoms with Crippen molar-refractivity contribution in [1.29, 1.82) is 0 Å². The summed E-state index contributed by atoms with van der Waals surface area (Å²) in [6, 6.07) is 5.33. The monoisotopic (exact) mass is 362 g/mol. The highest BCUT2D eigenvalue weighted by molar-refractivity contribution is 5.84.